The van der Waals surface area contributed by atoms with Gasteiger partial charge < -0.3 is 10.6 Å². The van der Waals surface area contributed by atoms with Crippen molar-refractivity contribution in [3.8, 4) is 5.69 Å². The molecule has 0 saturated heterocycles. The Morgan fingerprint density at radius 2 is 2.05 bits per heavy atom. The van der Waals surface area contributed by atoms with Crippen molar-refractivity contribution in [3.05, 3.63) is 47.3 Å². The average molecular weight is 300 g/mol. The summed E-state index contributed by atoms with van der Waals surface area (Å²) in [5.41, 5.74) is 4.29. The summed E-state index contributed by atoms with van der Waals surface area (Å²) in [4.78, 5) is 11.8. The lowest BCUT2D eigenvalue weighted by atomic mass is 10.1. The standard InChI is InChI=1S/C17H24N4O/c1-5-10-18-17(22)20-13(3)15-11-19-21(14(15)4)16-9-7-6-8-12(16)2/h6-9,11,13H,5,10H2,1-4H3,(H2,18,20,22)/t13-/m0/s1. The molecule has 1 aromatic heterocycles. The van der Waals surface area contributed by atoms with Crippen molar-refractivity contribution in [2.75, 3.05) is 6.54 Å². The van der Waals surface area contributed by atoms with Crippen LogP contribution < -0.4 is 10.6 Å². The molecule has 2 amide bonds. The van der Waals surface area contributed by atoms with Gasteiger partial charge in [0, 0.05) is 17.8 Å². The molecule has 0 bridgehead atoms. The summed E-state index contributed by atoms with van der Waals surface area (Å²) in [5.74, 6) is 0. The Balaban J connectivity index is 2.17. The van der Waals surface area contributed by atoms with Crippen LogP contribution in [0, 0.1) is 13.8 Å². The van der Waals surface area contributed by atoms with E-state index in [2.05, 4.69) is 28.7 Å². The van der Waals surface area contributed by atoms with Crippen molar-refractivity contribution >= 4 is 6.03 Å². The fraction of sp³-hybridized carbons (Fsp3) is 0.412. The van der Waals surface area contributed by atoms with E-state index >= 15 is 0 Å². The number of hydrogen-bond acceptors (Lipinski definition) is 2. The lowest BCUT2D eigenvalue weighted by Gasteiger charge is -2.15. The van der Waals surface area contributed by atoms with E-state index in [9.17, 15) is 4.79 Å². The van der Waals surface area contributed by atoms with Crippen LogP contribution in [-0.4, -0.2) is 22.4 Å². The first-order valence-corrected chi connectivity index (χ1v) is 7.69. The van der Waals surface area contributed by atoms with Crippen LogP contribution >= 0.6 is 0 Å². The Hall–Kier alpha value is -2.30. The smallest absolute Gasteiger partial charge is 0.315 e. The molecule has 0 unspecified atom stereocenters. The Labute approximate surface area is 131 Å². The minimum atomic E-state index is -0.141. The van der Waals surface area contributed by atoms with E-state index in [1.54, 1.807) is 0 Å². The van der Waals surface area contributed by atoms with Crippen LogP contribution in [0.25, 0.3) is 5.69 Å². The summed E-state index contributed by atoms with van der Waals surface area (Å²) in [6, 6.07) is 7.90. The minimum absolute atomic E-state index is 0.0883. The molecule has 1 aromatic carbocycles. The summed E-state index contributed by atoms with van der Waals surface area (Å²) in [6.45, 7) is 8.77. The van der Waals surface area contributed by atoms with Crippen LogP contribution in [0.1, 0.15) is 43.1 Å². The van der Waals surface area contributed by atoms with Gasteiger partial charge in [-0.25, -0.2) is 9.48 Å². The molecule has 5 nitrogen and oxygen atoms in total. The highest BCUT2D eigenvalue weighted by molar-refractivity contribution is 5.74. The van der Waals surface area contributed by atoms with Crippen LogP contribution in [0.3, 0.4) is 0 Å². The number of carbonyl (C=O) groups is 1. The van der Waals surface area contributed by atoms with Gasteiger partial charge in [0.15, 0.2) is 0 Å². The Kier molecular flexibility index (Phi) is 5.20. The first-order chi connectivity index (χ1) is 10.5. The quantitative estimate of drug-likeness (QED) is 0.890. The number of aromatic nitrogens is 2. The van der Waals surface area contributed by atoms with Gasteiger partial charge in [-0.15, -0.1) is 0 Å². The van der Waals surface area contributed by atoms with Gasteiger partial charge in [-0.3, -0.25) is 0 Å². The fourth-order valence-corrected chi connectivity index (χ4v) is 2.46. The zero-order chi connectivity index (χ0) is 16.1. The van der Waals surface area contributed by atoms with E-state index in [1.807, 2.05) is 49.8 Å². The Bertz CT molecular complexity index is 648. The zero-order valence-electron chi connectivity index (χ0n) is 13.7. The van der Waals surface area contributed by atoms with Gasteiger partial charge in [0.1, 0.15) is 0 Å². The van der Waals surface area contributed by atoms with Crippen LogP contribution in [0.15, 0.2) is 30.5 Å². The normalized spacial score (nSPS) is 12.0. The van der Waals surface area contributed by atoms with Gasteiger partial charge in [-0.05, 0) is 38.8 Å². The van der Waals surface area contributed by atoms with Crippen molar-refractivity contribution in [1.29, 1.82) is 0 Å². The summed E-state index contributed by atoms with van der Waals surface area (Å²) in [6.07, 6.45) is 2.75. The fourth-order valence-electron chi connectivity index (χ4n) is 2.46. The molecule has 5 heteroatoms. The molecule has 0 radical (unpaired) electrons. The second kappa shape index (κ2) is 7.11. The molecule has 0 aliphatic rings. The number of nitrogens with one attached hydrogen (secondary N) is 2. The first kappa shape index (κ1) is 16.1. The number of hydrogen-bond donors (Lipinski definition) is 2. The number of amides is 2. The van der Waals surface area contributed by atoms with Crippen LogP contribution in [-0.2, 0) is 0 Å². The number of nitrogens with zero attached hydrogens (tertiary/aromatic N) is 2. The van der Waals surface area contributed by atoms with E-state index < -0.39 is 0 Å². The van der Waals surface area contributed by atoms with Gasteiger partial charge in [0.25, 0.3) is 0 Å². The summed E-state index contributed by atoms with van der Waals surface area (Å²) in [5, 5.41) is 10.3. The highest BCUT2D eigenvalue weighted by Crippen LogP contribution is 2.21. The lowest BCUT2D eigenvalue weighted by Crippen LogP contribution is -2.37. The van der Waals surface area contributed by atoms with E-state index in [0.717, 1.165) is 23.4 Å². The van der Waals surface area contributed by atoms with E-state index in [1.165, 1.54) is 5.56 Å². The van der Waals surface area contributed by atoms with Gasteiger partial charge >= 0.3 is 6.03 Å². The SMILES string of the molecule is CCCNC(=O)N[C@@H](C)c1cnn(-c2ccccc2C)c1C. The van der Waals surface area contributed by atoms with E-state index in [0.29, 0.717) is 6.54 Å². The second-order valence-corrected chi connectivity index (χ2v) is 5.51. The molecule has 1 atom stereocenters. The third kappa shape index (κ3) is 3.47. The second-order valence-electron chi connectivity index (χ2n) is 5.51. The summed E-state index contributed by atoms with van der Waals surface area (Å²) in [7, 11) is 0. The van der Waals surface area contributed by atoms with Crippen molar-refractivity contribution in [2.45, 2.75) is 40.2 Å². The number of urea groups is 1. The van der Waals surface area contributed by atoms with Crippen molar-refractivity contribution in [1.82, 2.24) is 20.4 Å². The molecule has 0 aliphatic carbocycles. The molecular formula is C17H24N4O. The Morgan fingerprint density at radius 1 is 1.32 bits per heavy atom. The monoisotopic (exact) mass is 300 g/mol. The molecule has 2 aromatic rings. The molecule has 2 N–H and O–H groups in total. The average Bonchev–Trinajstić information content (AvgIpc) is 2.87. The molecule has 0 spiro atoms. The van der Waals surface area contributed by atoms with Gasteiger partial charge in [-0.2, -0.15) is 5.10 Å². The molecule has 118 valence electrons. The van der Waals surface area contributed by atoms with E-state index in [-0.39, 0.29) is 12.1 Å². The maximum absolute atomic E-state index is 11.8. The van der Waals surface area contributed by atoms with E-state index in [4.69, 9.17) is 0 Å². The number of benzene rings is 1. The molecule has 1 heterocycles. The molecule has 0 aliphatic heterocycles. The summed E-state index contributed by atoms with van der Waals surface area (Å²) < 4.78 is 1.92. The summed E-state index contributed by atoms with van der Waals surface area (Å²) >= 11 is 0. The maximum atomic E-state index is 11.8. The number of rotatable bonds is 5. The van der Waals surface area contributed by atoms with Crippen LogP contribution in [0.4, 0.5) is 4.79 Å². The largest absolute Gasteiger partial charge is 0.338 e. The van der Waals surface area contributed by atoms with Crippen LogP contribution in [0.2, 0.25) is 0 Å². The highest BCUT2D eigenvalue weighted by Gasteiger charge is 2.16. The van der Waals surface area contributed by atoms with Crippen molar-refractivity contribution in [2.24, 2.45) is 0 Å². The predicted molar refractivity (Wildman–Crippen MR) is 88.3 cm³/mol. The number of para-hydroxylation sites is 1. The van der Waals surface area contributed by atoms with Gasteiger partial charge in [0.05, 0.1) is 17.9 Å². The van der Waals surface area contributed by atoms with Crippen LogP contribution in [0.5, 0.6) is 0 Å². The third-order valence-electron chi connectivity index (χ3n) is 3.74. The van der Waals surface area contributed by atoms with Gasteiger partial charge in [-0.1, -0.05) is 25.1 Å². The number of aryl methyl sites for hydroxylation is 1. The van der Waals surface area contributed by atoms with Gasteiger partial charge in [0.2, 0.25) is 0 Å². The molecule has 2 rings (SSSR count). The highest BCUT2D eigenvalue weighted by atomic mass is 16.2. The zero-order valence-corrected chi connectivity index (χ0v) is 13.7. The first-order valence-electron chi connectivity index (χ1n) is 7.69. The molecular weight excluding hydrogens is 276 g/mol. The maximum Gasteiger partial charge on any atom is 0.315 e. The molecule has 0 fully saturated rings. The minimum Gasteiger partial charge on any atom is -0.338 e. The number of carbonyl (C=O) groups excluding carboxylic acids is 1. The lowest BCUT2D eigenvalue weighted by molar-refractivity contribution is 0.238. The predicted octanol–water partition coefficient (Wildman–Crippen LogP) is 3.26. The third-order valence-corrected chi connectivity index (χ3v) is 3.74. The van der Waals surface area contributed by atoms with Crippen molar-refractivity contribution in [3.63, 3.8) is 0 Å². The van der Waals surface area contributed by atoms with Crippen molar-refractivity contribution < 1.29 is 4.79 Å². The molecule has 22 heavy (non-hydrogen) atoms. The Morgan fingerprint density at radius 3 is 2.73 bits per heavy atom. The molecule has 0 saturated carbocycles. The topological polar surface area (TPSA) is 59.0 Å².